The fourth-order valence-corrected chi connectivity index (χ4v) is 4.96. The lowest BCUT2D eigenvalue weighted by atomic mass is 10.1. The number of anilines is 2. The summed E-state index contributed by atoms with van der Waals surface area (Å²) in [5.41, 5.74) is 6.98. The van der Waals surface area contributed by atoms with Crippen LogP contribution >= 0.6 is 0 Å². The number of rotatable bonds is 6. The van der Waals surface area contributed by atoms with Crippen LogP contribution in [0, 0.1) is 6.92 Å². The van der Waals surface area contributed by atoms with E-state index in [1.165, 1.54) is 29.7 Å². The molecule has 1 aliphatic heterocycles. The number of hydrogen-bond acceptors (Lipinski definition) is 6. The number of nitrogens with one attached hydrogen (secondary N) is 1. The van der Waals surface area contributed by atoms with Gasteiger partial charge in [-0.1, -0.05) is 0 Å². The van der Waals surface area contributed by atoms with Crippen LogP contribution in [0.1, 0.15) is 29.7 Å². The first-order chi connectivity index (χ1) is 16.0. The first kappa shape index (κ1) is 20.2. The van der Waals surface area contributed by atoms with Gasteiger partial charge in [0.05, 0.1) is 11.7 Å². The Hall–Kier alpha value is -3.39. The van der Waals surface area contributed by atoms with Crippen LogP contribution in [0.25, 0.3) is 16.8 Å². The molecule has 0 saturated carbocycles. The smallest absolute Gasteiger partial charge is 0.165 e. The van der Waals surface area contributed by atoms with Crippen LogP contribution < -0.4 is 10.1 Å². The summed E-state index contributed by atoms with van der Waals surface area (Å²) < 4.78 is 9.92. The van der Waals surface area contributed by atoms with Crippen LogP contribution in [0.4, 0.5) is 11.6 Å². The lowest BCUT2D eigenvalue weighted by Gasteiger charge is -2.37. The molecule has 0 radical (unpaired) electrons. The van der Waals surface area contributed by atoms with Gasteiger partial charge >= 0.3 is 0 Å². The van der Waals surface area contributed by atoms with Crippen LogP contribution in [0.3, 0.4) is 0 Å². The third-order valence-corrected chi connectivity index (χ3v) is 7.04. The molecule has 1 saturated heterocycles. The molecule has 0 bridgehead atoms. The molecule has 8 heteroatoms. The average molecular weight is 444 g/mol. The Kier molecular flexibility index (Phi) is 4.83. The maximum absolute atomic E-state index is 6.16. The molecule has 4 aromatic heterocycles. The lowest BCUT2D eigenvalue weighted by Crippen LogP contribution is -2.48. The summed E-state index contributed by atoms with van der Waals surface area (Å²) >= 11 is 0. The fraction of sp³-hybridized carbons (Fsp3) is 0.400. The first-order valence-electron chi connectivity index (χ1n) is 11.7. The normalized spacial score (nSPS) is 17.8. The quantitative estimate of drug-likeness (QED) is 0.489. The van der Waals surface area contributed by atoms with Gasteiger partial charge in [0, 0.05) is 36.6 Å². The van der Waals surface area contributed by atoms with Gasteiger partial charge in [-0.15, -0.1) is 0 Å². The van der Waals surface area contributed by atoms with E-state index in [0.717, 1.165) is 53.5 Å². The molecule has 5 heterocycles. The summed E-state index contributed by atoms with van der Waals surface area (Å²) in [6, 6.07) is 8.84. The maximum atomic E-state index is 6.16. The van der Waals surface area contributed by atoms with Crippen LogP contribution in [0.5, 0.6) is 5.75 Å². The minimum atomic E-state index is 0.487. The van der Waals surface area contributed by atoms with Crippen LogP contribution in [0.15, 0.2) is 36.7 Å². The second-order valence-corrected chi connectivity index (χ2v) is 9.26. The molecule has 0 spiro atoms. The van der Waals surface area contributed by atoms with Gasteiger partial charge in [-0.2, -0.15) is 10.2 Å². The van der Waals surface area contributed by atoms with Crippen molar-refractivity contribution in [1.82, 2.24) is 29.3 Å². The number of likely N-dealkylation sites (N-methyl/N-ethyl adjacent to an activating group) is 1. The van der Waals surface area contributed by atoms with Crippen molar-refractivity contribution in [3.63, 3.8) is 0 Å². The highest BCUT2D eigenvalue weighted by Gasteiger charge is 2.25. The van der Waals surface area contributed by atoms with Gasteiger partial charge < -0.3 is 10.1 Å². The predicted molar refractivity (Wildman–Crippen MR) is 128 cm³/mol. The predicted octanol–water partition coefficient (Wildman–Crippen LogP) is 3.75. The molecule has 0 unspecified atom stereocenters. The van der Waals surface area contributed by atoms with Gasteiger partial charge in [-0.3, -0.25) is 9.58 Å². The topological polar surface area (TPSA) is 72.5 Å². The Morgan fingerprint density at radius 3 is 2.88 bits per heavy atom. The van der Waals surface area contributed by atoms with Crippen molar-refractivity contribution in [1.29, 1.82) is 0 Å². The summed E-state index contributed by atoms with van der Waals surface area (Å²) in [5, 5.41) is 12.5. The van der Waals surface area contributed by atoms with Crippen molar-refractivity contribution in [2.45, 2.75) is 38.6 Å². The Morgan fingerprint density at radius 2 is 2.06 bits per heavy atom. The molecular formula is C25H29N7O. The summed E-state index contributed by atoms with van der Waals surface area (Å²) in [6.07, 6.45) is 8.37. The third kappa shape index (κ3) is 3.64. The van der Waals surface area contributed by atoms with E-state index in [1.54, 1.807) is 0 Å². The molecule has 8 nitrogen and oxygen atoms in total. The molecular weight excluding hydrogens is 414 g/mol. The highest BCUT2D eigenvalue weighted by atomic mass is 16.5. The lowest BCUT2D eigenvalue weighted by molar-refractivity contribution is 0.0771. The van der Waals surface area contributed by atoms with E-state index in [0.29, 0.717) is 12.6 Å². The Bertz CT molecular complexity index is 1340. The third-order valence-electron chi connectivity index (χ3n) is 7.04. The fourth-order valence-electron chi connectivity index (χ4n) is 4.96. The zero-order valence-corrected chi connectivity index (χ0v) is 19.4. The minimum absolute atomic E-state index is 0.487. The number of pyridine rings is 2. The van der Waals surface area contributed by atoms with Crippen molar-refractivity contribution in [3.05, 3.63) is 53.5 Å². The number of aryl methyl sites for hydroxylation is 3. The van der Waals surface area contributed by atoms with E-state index in [9.17, 15) is 0 Å². The number of fused-ring (bicyclic) bond motifs is 2. The molecule has 1 fully saturated rings. The molecule has 1 N–H and O–H groups in total. The van der Waals surface area contributed by atoms with Crippen molar-refractivity contribution in [2.24, 2.45) is 7.05 Å². The number of ether oxygens (including phenoxy) is 1. The van der Waals surface area contributed by atoms with Gasteiger partial charge in [0.1, 0.15) is 18.1 Å². The number of likely N-dealkylation sites (tertiary alicyclic amines) is 1. The zero-order valence-electron chi connectivity index (χ0n) is 19.4. The Labute approximate surface area is 193 Å². The highest BCUT2D eigenvalue weighted by molar-refractivity contribution is 5.73. The van der Waals surface area contributed by atoms with Crippen molar-refractivity contribution in [3.8, 4) is 17.0 Å². The SMILES string of the molecule is Cc1cc(Nc2cc3cc(-c4c(OC[C@H]5CCN5C)cnn4C)ccn3n2)nc2c1CCC2. The summed E-state index contributed by atoms with van der Waals surface area (Å²) in [6.45, 7) is 4.00. The second kappa shape index (κ2) is 7.88. The van der Waals surface area contributed by atoms with Crippen LogP contribution in [0.2, 0.25) is 0 Å². The molecule has 6 rings (SSSR count). The Balaban J connectivity index is 1.26. The van der Waals surface area contributed by atoms with Gasteiger partial charge in [-0.05, 0) is 75.5 Å². The van der Waals surface area contributed by atoms with Gasteiger partial charge in [-0.25, -0.2) is 9.50 Å². The molecule has 33 heavy (non-hydrogen) atoms. The van der Waals surface area contributed by atoms with E-state index in [4.69, 9.17) is 14.8 Å². The standard InChI is InChI=1S/C25H29N7O/c1-16-11-23(27-21-6-4-5-20(16)21)28-24-13-19-12-17(7-10-32(19)29-24)25-22(14-26-31(25)3)33-15-18-8-9-30(18)2/h7,10-14,18H,4-6,8-9,15H2,1-3H3,(H,27,28,29)/t18-/m1/s1. The minimum Gasteiger partial charge on any atom is -0.488 e. The average Bonchev–Trinajstić information content (AvgIpc) is 3.50. The second-order valence-electron chi connectivity index (χ2n) is 9.26. The van der Waals surface area contributed by atoms with E-state index in [2.05, 4.69) is 47.5 Å². The van der Waals surface area contributed by atoms with Crippen molar-refractivity contribution >= 4 is 17.2 Å². The van der Waals surface area contributed by atoms with Crippen LogP contribution in [-0.2, 0) is 19.9 Å². The molecule has 170 valence electrons. The van der Waals surface area contributed by atoms with E-state index in [1.807, 2.05) is 34.7 Å². The number of aromatic nitrogens is 5. The van der Waals surface area contributed by atoms with Gasteiger partial charge in [0.15, 0.2) is 11.6 Å². The summed E-state index contributed by atoms with van der Waals surface area (Å²) in [4.78, 5) is 7.14. The monoisotopic (exact) mass is 443 g/mol. The molecule has 4 aromatic rings. The van der Waals surface area contributed by atoms with Crippen molar-refractivity contribution < 1.29 is 4.74 Å². The number of nitrogens with zero attached hydrogens (tertiary/aromatic N) is 6. The van der Waals surface area contributed by atoms with E-state index >= 15 is 0 Å². The van der Waals surface area contributed by atoms with E-state index in [-0.39, 0.29) is 0 Å². The van der Waals surface area contributed by atoms with Crippen molar-refractivity contribution in [2.75, 3.05) is 25.5 Å². The highest BCUT2D eigenvalue weighted by Crippen LogP contribution is 2.32. The summed E-state index contributed by atoms with van der Waals surface area (Å²) in [7, 11) is 4.09. The first-order valence-corrected chi connectivity index (χ1v) is 11.7. The zero-order chi connectivity index (χ0) is 22.5. The molecule has 0 amide bonds. The molecule has 1 aliphatic carbocycles. The molecule has 0 aromatic carbocycles. The molecule has 2 aliphatic rings. The summed E-state index contributed by atoms with van der Waals surface area (Å²) in [5.74, 6) is 2.46. The Morgan fingerprint density at radius 1 is 1.15 bits per heavy atom. The van der Waals surface area contributed by atoms with Crippen LogP contribution in [-0.4, -0.2) is 55.5 Å². The largest absolute Gasteiger partial charge is 0.488 e. The number of hydrogen-bond donors (Lipinski definition) is 1. The molecule has 1 atom stereocenters. The van der Waals surface area contributed by atoms with E-state index < -0.39 is 0 Å². The maximum Gasteiger partial charge on any atom is 0.165 e. The van der Waals surface area contributed by atoms with Gasteiger partial charge in [0.25, 0.3) is 0 Å². The van der Waals surface area contributed by atoms with Gasteiger partial charge in [0.2, 0.25) is 0 Å².